The number of carbonyl (C=O) groups is 5. The topological polar surface area (TPSA) is 448 Å². The molecule has 7 heterocycles. The van der Waals surface area contributed by atoms with Crippen molar-refractivity contribution in [1.82, 2.24) is 39.9 Å². The average Bonchev–Trinajstić information content (AvgIpc) is 1.70. The van der Waals surface area contributed by atoms with Crippen LogP contribution in [0.4, 0.5) is 34.3 Å². The molecule has 6 saturated heterocycles. The lowest BCUT2D eigenvalue weighted by molar-refractivity contribution is -0.725. The number of piperidine rings is 1. The van der Waals surface area contributed by atoms with E-state index in [2.05, 4.69) is 52.5 Å². The third-order valence-corrected chi connectivity index (χ3v) is 24.9. The van der Waals surface area contributed by atoms with E-state index >= 15 is 0 Å². The zero-order valence-corrected chi connectivity index (χ0v) is 87.8. The average molecular weight is 1970 g/mol. The summed E-state index contributed by atoms with van der Waals surface area (Å²) in [5.74, 6) is -0.524. The Kier molecular flexibility index (Phi) is 41.3. The molecule has 7 fully saturated rings. The van der Waals surface area contributed by atoms with Crippen molar-refractivity contribution in [3.63, 3.8) is 0 Å². The maximum absolute atomic E-state index is 12.5. The fourth-order valence-corrected chi connectivity index (χ4v) is 14.9. The van der Waals surface area contributed by atoms with Gasteiger partial charge in [0.2, 0.25) is 62.2 Å². The highest BCUT2D eigenvalue weighted by Gasteiger charge is 2.43. The molecule has 141 heavy (non-hydrogen) atoms. The molecule has 4 aromatic carbocycles. The minimum Gasteiger partial charge on any atom is -0.569 e. The van der Waals surface area contributed by atoms with Crippen molar-refractivity contribution < 1.29 is 87.9 Å². The van der Waals surface area contributed by atoms with Crippen LogP contribution in [0.25, 0.3) is 4.85 Å². The lowest BCUT2D eigenvalue weighted by Gasteiger charge is -2.38. The summed E-state index contributed by atoms with van der Waals surface area (Å²) in [6.07, 6.45) is 9.11. The van der Waals surface area contributed by atoms with Gasteiger partial charge in [0.05, 0.1) is 118 Å². The zero-order chi connectivity index (χ0) is 105. The highest BCUT2D eigenvalue weighted by atomic mass is 16.7. The Balaban J connectivity index is 0.000000230. The van der Waals surface area contributed by atoms with E-state index in [0.29, 0.717) is 124 Å². The fourth-order valence-electron chi connectivity index (χ4n) is 14.9. The Labute approximate surface area is 830 Å². The van der Waals surface area contributed by atoms with Crippen molar-refractivity contribution in [1.29, 1.82) is 0 Å². The van der Waals surface area contributed by atoms with Crippen molar-refractivity contribution in [3.8, 4) is 0 Å². The number of amides is 5. The molecular formula is C97H152N26O18. The molecule has 0 radical (unpaired) electrons. The van der Waals surface area contributed by atoms with Crippen LogP contribution in [0.1, 0.15) is 236 Å². The summed E-state index contributed by atoms with van der Waals surface area (Å²) in [5.41, 5.74) is 6.28. The van der Waals surface area contributed by atoms with E-state index in [1.165, 1.54) is 62.0 Å². The number of anilines is 5. The molecule has 5 atom stereocenters. The number of aliphatic hydroxyl groups excluding tert-OH is 1. The first-order chi connectivity index (χ1) is 65.9. The van der Waals surface area contributed by atoms with Gasteiger partial charge >= 0.3 is 0 Å². The van der Waals surface area contributed by atoms with Crippen molar-refractivity contribution >= 4 is 63.8 Å². The summed E-state index contributed by atoms with van der Waals surface area (Å²) < 4.78 is 0. The quantitative estimate of drug-likeness (QED) is 0.0232. The highest BCUT2D eigenvalue weighted by molar-refractivity contribution is 6.01. The number of nitrogens with zero attached hydrogens (tertiary/aromatic N) is 26. The number of carbonyl (C=O) groups excluding carboxylic acids is 5. The molecule has 1 saturated carbocycles. The first-order valence-electron chi connectivity index (χ1n) is 47.9. The number of hydrazine groups is 6. The molecule has 1 aliphatic carbocycles. The van der Waals surface area contributed by atoms with Gasteiger partial charge < -0.3 is 89.9 Å². The highest BCUT2D eigenvalue weighted by Crippen LogP contribution is 2.34. The van der Waals surface area contributed by atoms with Crippen LogP contribution in [0.5, 0.6) is 0 Å². The Morgan fingerprint density at radius 2 is 0.716 bits per heavy atom. The van der Waals surface area contributed by atoms with Crippen LogP contribution in [0.15, 0.2) is 141 Å². The van der Waals surface area contributed by atoms with Gasteiger partial charge in [-0.25, -0.2) is 9.83 Å². The molecule has 44 heteroatoms. The fraction of sp³-hybridized carbons (Fsp3) is 0.639. The summed E-state index contributed by atoms with van der Waals surface area (Å²) in [6.45, 7) is 56.2. The number of aliphatic hydroxyl groups is 1. The van der Waals surface area contributed by atoms with E-state index in [1.54, 1.807) is 121 Å². The lowest BCUT2D eigenvalue weighted by Crippen LogP contribution is -2.46. The SMILES string of the molecule is CCN(/[N+]([O-])=N/OC1CCN(C2CCCCC2)CC1)C(C)(C)C.CN(/[N+]([O-])=N/OC1CCN(c2cccc(CO)c2)C1=O)C(C)(C)C.Cc1cc(C)cc(N2CCC(O/N=[N+](\[O-])N(C)C(C)(C)C)C2=O)c1.Cc1ccc(N2CCC(O/N=[N+](\[O-])N(C)C(C)(C)C)C2=O)nc1.Cc1cccc(N2CCC(O/N=[N+](\[O-])N(C)C(C)(C)C)C2=O)c1.[C-]#[N+]c1cccc(N2CCC(O/N=[N+](\[O-])N(C)C(C)(C)C)C2=O)c1. The molecule has 1 aromatic heterocycles. The van der Waals surface area contributed by atoms with Gasteiger partial charge in [-0.3, -0.25) is 28.9 Å². The van der Waals surface area contributed by atoms with Gasteiger partial charge in [-0.15, -0.1) is 30.1 Å². The van der Waals surface area contributed by atoms with Crippen molar-refractivity contribution in [3.05, 3.63) is 180 Å². The first-order valence-corrected chi connectivity index (χ1v) is 47.9. The predicted octanol–water partition coefficient (Wildman–Crippen LogP) is 16.0. The number of aromatic nitrogens is 1. The van der Waals surface area contributed by atoms with Crippen LogP contribution in [0, 0.1) is 65.5 Å². The molecule has 12 rings (SSSR count). The summed E-state index contributed by atoms with van der Waals surface area (Å²) in [4.78, 5) is 114. The van der Waals surface area contributed by atoms with Crippen LogP contribution < -0.4 is 24.5 Å². The second kappa shape index (κ2) is 50.8. The number of aryl methyl sites for hydroxylation is 4. The maximum Gasteiger partial charge on any atom is 0.272 e. The summed E-state index contributed by atoms with van der Waals surface area (Å²) >= 11 is 0. The van der Waals surface area contributed by atoms with E-state index in [0.717, 1.165) is 71.2 Å². The van der Waals surface area contributed by atoms with E-state index < -0.39 is 47.1 Å². The Bertz CT molecular complexity index is 5160. The zero-order valence-electron chi connectivity index (χ0n) is 87.8. The minimum absolute atomic E-state index is 0.0740. The van der Waals surface area contributed by atoms with Gasteiger partial charge in [-0.05, 0) is 267 Å². The maximum atomic E-state index is 12.5. The molecule has 0 spiro atoms. The van der Waals surface area contributed by atoms with Crippen LogP contribution in [0.3, 0.4) is 0 Å². The van der Waals surface area contributed by atoms with Crippen molar-refractivity contribution in [2.75, 3.05) is 112 Å². The molecule has 44 nitrogen and oxygen atoms in total. The third kappa shape index (κ3) is 33.8. The number of benzene rings is 4. The van der Waals surface area contributed by atoms with Gasteiger partial charge in [0.15, 0.2) is 5.69 Å². The molecule has 778 valence electrons. The van der Waals surface area contributed by atoms with Crippen LogP contribution in [-0.2, 0) is 59.6 Å². The summed E-state index contributed by atoms with van der Waals surface area (Å²) in [7, 11) is 8.05. The van der Waals surface area contributed by atoms with Gasteiger partial charge in [-0.2, -0.15) is 0 Å². The summed E-state index contributed by atoms with van der Waals surface area (Å²) in [6, 6.07) is 32.1. The number of hydrogen-bond donors (Lipinski definition) is 1. The van der Waals surface area contributed by atoms with E-state index in [9.17, 15) is 60.3 Å². The number of likely N-dealkylation sites (tertiary alicyclic amines) is 1. The molecule has 5 unspecified atom stereocenters. The number of hydrogen-bond acceptors (Lipinski definition) is 26. The molecule has 6 aliphatic heterocycles. The van der Waals surface area contributed by atoms with Crippen LogP contribution in [-0.4, -0.2) is 268 Å². The normalized spacial score (nSPS) is 19.6. The Hall–Kier alpha value is -13.2. The van der Waals surface area contributed by atoms with Crippen LogP contribution >= 0.6 is 0 Å². The predicted molar refractivity (Wildman–Crippen MR) is 529 cm³/mol. The van der Waals surface area contributed by atoms with Crippen molar-refractivity contribution in [2.24, 2.45) is 31.7 Å². The van der Waals surface area contributed by atoms with E-state index in [4.69, 9.17) is 35.6 Å². The minimum atomic E-state index is -0.800. The van der Waals surface area contributed by atoms with E-state index in [1.807, 2.05) is 202 Å². The molecule has 1 N–H and O–H groups in total. The van der Waals surface area contributed by atoms with Gasteiger partial charge in [0.25, 0.3) is 29.5 Å². The van der Waals surface area contributed by atoms with Crippen molar-refractivity contribution in [2.45, 2.75) is 319 Å². The second-order valence-electron chi connectivity index (χ2n) is 41.7. The smallest absolute Gasteiger partial charge is 0.272 e. The number of pyridine rings is 1. The molecule has 7 aliphatic rings. The first kappa shape index (κ1) is 115. The number of rotatable bonds is 26. The van der Waals surface area contributed by atoms with E-state index in [-0.39, 0.29) is 58.9 Å². The molecular weight excluding hydrogens is 1820 g/mol. The van der Waals surface area contributed by atoms with Gasteiger partial charge in [-0.1, -0.05) is 67.8 Å². The standard InChI is InChI=1S/C17H26N4O3.C17H34N4O2.C16H21N5O3.C16H24N4O4.C16H24N4O3.C15H23N5O3/c1-12-9-13(2)11-14(10-12)20-8-7-15(16(20)22)24-18-21(23)19(6)17(3,4)5;1-5-20(17(2,3)4)21(22)18-23-16-11-13-19(14-12-16)15-9-7-6-8-10-15;1-16(2,3)19(5)21(23)18-24-14-9-10-20(15(14)22)13-8-6-7-12(11-13)17-4;1-16(2,3)18(4)20(23)17-24-14-8-9-19(15(14)22)13-7-5-6-12(10-13)11-21;1-12-7-6-8-13(11-12)19-10-9-14(15(19)21)23-17-20(22)18(5)16(2,3)4;1-11-6-7-13(16-10-11)19-9-8-12(14(19)21)23-17-20(22)18(5)15(2,3)4/h9-11,15H,7-8H2,1-6H3;15-16H,5-14H2,1-4H3;6-8,11,14H,9-10H2,1-3,5H3;5-7,10,14,21H,8-9,11H2,1-4H3;6-8,11,14H,9-10H2,1-5H3;6-7,10,12H,8-9H2,1-5H3/b3*21-18-;3*20-17-. The monoisotopic (exact) mass is 1970 g/mol. The molecule has 5 aromatic rings. The molecule has 0 bridgehead atoms. The Morgan fingerprint density at radius 1 is 0.383 bits per heavy atom. The third-order valence-electron chi connectivity index (χ3n) is 24.9. The van der Waals surface area contributed by atoms with Gasteiger partial charge in [0, 0.05) is 113 Å². The molecule has 5 amide bonds. The summed E-state index contributed by atoms with van der Waals surface area (Å²) in [5, 5.41) is 111. The second-order valence-corrected chi connectivity index (χ2v) is 41.7. The largest absolute Gasteiger partial charge is 0.569 e. The Morgan fingerprint density at radius 3 is 1.06 bits per heavy atom. The lowest BCUT2D eigenvalue weighted by atomic mass is 9.92. The van der Waals surface area contributed by atoms with Crippen LogP contribution in [0.2, 0.25) is 0 Å². The van der Waals surface area contributed by atoms with Gasteiger partial charge in [0.1, 0.15) is 11.9 Å².